The van der Waals surface area contributed by atoms with Crippen LogP contribution in [0.5, 0.6) is 0 Å². The third-order valence-corrected chi connectivity index (χ3v) is 4.76. The highest BCUT2D eigenvalue weighted by Crippen LogP contribution is 2.21. The summed E-state index contributed by atoms with van der Waals surface area (Å²) in [6.45, 7) is 4.02. The predicted octanol–water partition coefficient (Wildman–Crippen LogP) is 1.77. The molecule has 0 N–H and O–H groups in total. The Morgan fingerprint density at radius 1 is 1.09 bits per heavy atom. The number of hydrogen-bond acceptors (Lipinski definition) is 4. The third kappa shape index (κ3) is 4.13. The highest BCUT2D eigenvalue weighted by molar-refractivity contribution is 5.91. The minimum Gasteiger partial charge on any atom is -0.459 e. The molecule has 3 heterocycles. The van der Waals surface area contributed by atoms with E-state index in [9.17, 15) is 9.59 Å². The molecule has 0 atom stereocenters. The number of amides is 2. The number of carbonyl (C=O) groups excluding carboxylic acids is 2. The maximum Gasteiger partial charge on any atom is 0.289 e. The van der Waals surface area contributed by atoms with Gasteiger partial charge in [0.25, 0.3) is 5.91 Å². The fraction of sp³-hybridized carbons (Fsp3) is 0.647. The molecular weight excluding hydrogens is 296 g/mol. The van der Waals surface area contributed by atoms with E-state index in [4.69, 9.17) is 9.15 Å². The molecular formula is C17H24N2O4. The van der Waals surface area contributed by atoms with E-state index in [1.54, 1.807) is 17.0 Å². The Kier molecular flexibility index (Phi) is 5.33. The first-order valence-corrected chi connectivity index (χ1v) is 8.42. The average molecular weight is 320 g/mol. The standard InChI is InChI=1S/C17H24N2O4/c20-16(4-3-14-5-12-22-13-6-14)18-7-9-19(10-8-18)17(21)15-2-1-11-23-15/h1-2,11,14H,3-10,12-13H2. The number of rotatable bonds is 4. The third-order valence-electron chi connectivity index (χ3n) is 4.76. The minimum absolute atomic E-state index is 0.0932. The Hall–Kier alpha value is -1.82. The van der Waals surface area contributed by atoms with Gasteiger partial charge in [0.15, 0.2) is 5.76 Å². The summed E-state index contributed by atoms with van der Waals surface area (Å²) < 4.78 is 10.5. The van der Waals surface area contributed by atoms with Crippen molar-refractivity contribution in [3.63, 3.8) is 0 Å². The summed E-state index contributed by atoms with van der Waals surface area (Å²) in [5.41, 5.74) is 0. The van der Waals surface area contributed by atoms with Crippen LogP contribution in [0, 0.1) is 5.92 Å². The molecule has 6 heteroatoms. The van der Waals surface area contributed by atoms with Gasteiger partial charge in [0.2, 0.25) is 5.91 Å². The van der Waals surface area contributed by atoms with Crippen LogP contribution in [0.3, 0.4) is 0 Å². The zero-order valence-corrected chi connectivity index (χ0v) is 13.4. The second-order valence-corrected chi connectivity index (χ2v) is 6.24. The minimum atomic E-state index is -0.0932. The second kappa shape index (κ2) is 7.64. The van der Waals surface area contributed by atoms with E-state index >= 15 is 0 Å². The molecule has 2 aliphatic rings. The van der Waals surface area contributed by atoms with Crippen molar-refractivity contribution in [3.05, 3.63) is 24.2 Å². The molecule has 2 aliphatic heterocycles. The molecule has 0 aliphatic carbocycles. The first-order chi connectivity index (χ1) is 11.2. The Labute approximate surface area is 136 Å². The van der Waals surface area contributed by atoms with Gasteiger partial charge in [0.05, 0.1) is 6.26 Å². The zero-order chi connectivity index (χ0) is 16.1. The lowest BCUT2D eigenvalue weighted by Gasteiger charge is -2.34. The van der Waals surface area contributed by atoms with Crippen LogP contribution >= 0.6 is 0 Å². The smallest absolute Gasteiger partial charge is 0.289 e. The quantitative estimate of drug-likeness (QED) is 0.848. The topological polar surface area (TPSA) is 63.0 Å². The SMILES string of the molecule is O=C(CCC1CCOCC1)N1CCN(C(=O)c2ccco2)CC1. The second-order valence-electron chi connectivity index (χ2n) is 6.24. The van der Waals surface area contributed by atoms with Crippen molar-refractivity contribution < 1.29 is 18.7 Å². The summed E-state index contributed by atoms with van der Waals surface area (Å²) >= 11 is 0. The van der Waals surface area contributed by atoms with Crippen molar-refractivity contribution in [1.29, 1.82) is 0 Å². The van der Waals surface area contributed by atoms with Gasteiger partial charge in [-0.05, 0) is 37.3 Å². The van der Waals surface area contributed by atoms with Crippen molar-refractivity contribution in [2.24, 2.45) is 5.92 Å². The van der Waals surface area contributed by atoms with Crippen LogP contribution in [0.25, 0.3) is 0 Å². The lowest BCUT2D eigenvalue weighted by molar-refractivity contribution is -0.133. The van der Waals surface area contributed by atoms with Gasteiger partial charge < -0.3 is 19.0 Å². The number of nitrogens with zero attached hydrogens (tertiary/aromatic N) is 2. The maximum atomic E-state index is 12.3. The molecule has 23 heavy (non-hydrogen) atoms. The van der Waals surface area contributed by atoms with Gasteiger partial charge in [0, 0.05) is 45.8 Å². The van der Waals surface area contributed by atoms with Crippen molar-refractivity contribution in [3.8, 4) is 0 Å². The normalized spacial score (nSPS) is 19.8. The fourth-order valence-corrected chi connectivity index (χ4v) is 3.24. The van der Waals surface area contributed by atoms with Crippen LogP contribution in [0.15, 0.2) is 22.8 Å². The average Bonchev–Trinajstić information content (AvgIpc) is 3.15. The van der Waals surface area contributed by atoms with Crippen molar-refractivity contribution in [2.75, 3.05) is 39.4 Å². The molecule has 0 unspecified atom stereocenters. The van der Waals surface area contributed by atoms with Crippen LogP contribution in [0.2, 0.25) is 0 Å². The molecule has 0 aromatic carbocycles. The number of hydrogen-bond donors (Lipinski definition) is 0. The predicted molar refractivity (Wildman–Crippen MR) is 84.0 cm³/mol. The summed E-state index contributed by atoms with van der Waals surface area (Å²) in [5.74, 6) is 1.10. The largest absolute Gasteiger partial charge is 0.459 e. The molecule has 1 aromatic heterocycles. The molecule has 0 spiro atoms. The van der Waals surface area contributed by atoms with Crippen LogP contribution < -0.4 is 0 Å². The van der Waals surface area contributed by atoms with Gasteiger partial charge in [-0.1, -0.05) is 0 Å². The number of piperazine rings is 1. The zero-order valence-electron chi connectivity index (χ0n) is 13.4. The number of furan rings is 1. The van der Waals surface area contributed by atoms with Gasteiger partial charge in [0.1, 0.15) is 0 Å². The van der Waals surface area contributed by atoms with Gasteiger partial charge in [-0.3, -0.25) is 9.59 Å². The molecule has 0 bridgehead atoms. The van der Waals surface area contributed by atoms with Crippen LogP contribution in [0.4, 0.5) is 0 Å². The first-order valence-electron chi connectivity index (χ1n) is 8.42. The van der Waals surface area contributed by atoms with E-state index in [0.29, 0.717) is 44.3 Å². The molecule has 2 amide bonds. The summed E-state index contributed by atoms with van der Waals surface area (Å²) in [5, 5.41) is 0. The number of carbonyl (C=O) groups is 2. The number of ether oxygens (including phenoxy) is 1. The summed E-state index contributed by atoms with van der Waals surface area (Å²) in [7, 11) is 0. The van der Waals surface area contributed by atoms with Crippen molar-refractivity contribution >= 4 is 11.8 Å². The summed E-state index contributed by atoms with van der Waals surface area (Å²) in [6.07, 6.45) is 5.20. The molecule has 3 rings (SSSR count). The first kappa shape index (κ1) is 16.1. The van der Waals surface area contributed by atoms with E-state index in [-0.39, 0.29) is 11.8 Å². The van der Waals surface area contributed by atoms with E-state index in [1.165, 1.54) is 6.26 Å². The van der Waals surface area contributed by atoms with Crippen LogP contribution in [0.1, 0.15) is 36.2 Å². The Bertz CT molecular complexity index is 515. The van der Waals surface area contributed by atoms with E-state index in [0.717, 1.165) is 32.5 Å². The molecule has 1 aromatic rings. The summed E-state index contributed by atoms with van der Waals surface area (Å²) in [6, 6.07) is 3.39. The molecule has 2 fully saturated rings. The van der Waals surface area contributed by atoms with Crippen molar-refractivity contribution in [2.45, 2.75) is 25.7 Å². The van der Waals surface area contributed by atoms with Crippen LogP contribution in [-0.4, -0.2) is 61.0 Å². The summed E-state index contributed by atoms with van der Waals surface area (Å²) in [4.78, 5) is 28.1. The van der Waals surface area contributed by atoms with E-state index in [2.05, 4.69) is 0 Å². The monoisotopic (exact) mass is 320 g/mol. The molecule has 126 valence electrons. The fourth-order valence-electron chi connectivity index (χ4n) is 3.24. The van der Waals surface area contributed by atoms with Gasteiger partial charge in [-0.15, -0.1) is 0 Å². The molecule has 6 nitrogen and oxygen atoms in total. The van der Waals surface area contributed by atoms with E-state index < -0.39 is 0 Å². The Balaban J connectivity index is 1.41. The highest BCUT2D eigenvalue weighted by Gasteiger charge is 2.26. The van der Waals surface area contributed by atoms with E-state index in [1.807, 2.05) is 4.90 Å². The lowest BCUT2D eigenvalue weighted by Crippen LogP contribution is -2.50. The Morgan fingerprint density at radius 3 is 2.43 bits per heavy atom. The van der Waals surface area contributed by atoms with Gasteiger partial charge in [-0.2, -0.15) is 0 Å². The highest BCUT2D eigenvalue weighted by atomic mass is 16.5. The van der Waals surface area contributed by atoms with Gasteiger partial charge in [-0.25, -0.2) is 0 Å². The lowest BCUT2D eigenvalue weighted by atomic mass is 9.94. The maximum absolute atomic E-state index is 12.3. The molecule has 0 radical (unpaired) electrons. The molecule has 0 saturated carbocycles. The Morgan fingerprint density at radius 2 is 1.78 bits per heavy atom. The molecule has 2 saturated heterocycles. The van der Waals surface area contributed by atoms with Gasteiger partial charge >= 0.3 is 0 Å². The van der Waals surface area contributed by atoms with Crippen LogP contribution in [-0.2, 0) is 9.53 Å². The van der Waals surface area contributed by atoms with Crippen molar-refractivity contribution in [1.82, 2.24) is 9.80 Å².